The van der Waals surface area contributed by atoms with Crippen molar-refractivity contribution in [1.82, 2.24) is 0 Å². The number of methoxy groups -OCH3 is 1. The maximum Gasteiger partial charge on any atom is 0.220 e. The standard InChI is InChI=1S/C15H22NO2/c1-5-16(2,3)14-9-6-11-10-12(18-4)7-8-13(11)15(14)17/h7-8,10,14H,5-6,9H2,1-4H3/q+1. The van der Waals surface area contributed by atoms with E-state index in [1.165, 1.54) is 0 Å². The molecule has 0 bridgehead atoms. The Morgan fingerprint density at radius 3 is 2.72 bits per heavy atom. The number of fused-ring (bicyclic) bond motifs is 1. The van der Waals surface area contributed by atoms with Gasteiger partial charge >= 0.3 is 0 Å². The van der Waals surface area contributed by atoms with Crippen LogP contribution in [0.25, 0.3) is 0 Å². The van der Waals surface area contributed by atoms with E-state index in [1.807, 2.05) is 18.2 Å². The third-order valence-electron chi connectivity index (χ3n) is 4.23. The first-order valence-corrected chi connectivity index (χ1v) is 6.53. The fourth-order valence-electron chi connectivity index (χ4n) is 2.63. The first-order chi connectivity index (χ1) is 8.49. The van der Waals surface area contributed by atoms with Crippen LogP contribution < -0.4 is 4.74 Å². The van der Waals surface area contributed by atoms with Crippen molar-refractivity contribution in [2.24, 2.45) is 0 Å². The van der Waals surface area contributed by atoms with Gasteiger partial charge in [-0.25, -0.2) is 0 Å². The summed E-state index contributed by atoms with van der Waals surface area (Å²) in [5, 5.41) is 0. The zero-order chi connectivity index (χ0) is 13.3. The lowest BCUT2D eigenvalue weighted by atomic mass is 9.85. The van der Waals surface area contributed by atoms with Gasteiger partial charge in [0.25, 0.3) is 0 Å². The summed E-state index contributed by atoms with van der Waals surface area (Å²) in [4.78, 5) is 12.6. The van der Waals surface area contributed by atoms with Gasteiger partial charge in [0.15, 0.2) is 6.04 Å². The van der Waals surface area contributed by atoms with Gasteiger partial charge in [-0.1, -0.05) is 0 Å². The Bertz CT molecular complexity index is 466. The largest absolute Gasteiger partial charge is 0.497 e. The molecule has 0 radical (unpaired) electrons. The molecule has 0 saturated heterocycles. The van der Waals surface area contributed by atoms with Gasteiger partial charge in [-0.15, -0.1) is 0 Å². The predicted octanol–water partition coefficient (Wildman–Crippen LogP) is 2.29. The number of ether oxygens (including phenoxy) is 1. The van der Waals surface area contributed by atoms with Crippen molar-refractivity contribution in [2.45, 2.75) is 25.8 Å². The molecule has 1 aromatic carbocycles. The second kappa shape index (κ2) is 4.73. The molecule has 18 heavy (non-hydrogen) atoms. The number of nitrogens with zero attached hydrogens (tertiary/aromatic N) is 1. The van der Waals surface area contributed by atoms with Crippen LogP contribution in [-0.2, 0) is 6.42 Å². The Balaban J connectivity index is 2.35. The van der Waals surface area contributed by atoms with Crippen LogP contribution in [0.15, 0.2) is 18.2 Å². The molecule has 98 valence electrons. The second-order valence-electron chi connectivity index (χ2n) is 5.54. The molecule has 0 saturated carbocycles. The van der Waals surface area contributed by atoms with E-state index in [1.54, 1.807) is 7.11 Å². The number of likely N-dealkylation sites (N-methyl/N-ethyl adjacent to an activating group) is 1. The molecule has 3 nitrogen and oxygen atoms in total. The highest BCUT2D eigenvalue weighted by Gasteiger charge is 2.38. The average Bonchev–Trinajstić information content (AvgIpc) is 2.38. The van der Waals surface area contributed by atoms with Gasteiger partial charge in [0.05, 0.1) is 27.7 Å². The van der Waals surface area contributed by atoms with Crippen LogP contribution in [-0.4, -0.2) is 44.1 Å². The lowest BCUT2D eigenvalue weighted by Crippen LogP contribution is -2.54. The van der Waals surface area contributed by atoms with E-state index in [9.17, 15) is 4.79 Å². The molecule has 1 unspecified atom stereocenters. The van der Waals surface area contributed by atoms with Crippen molar-refractivity contribution in [3.8, 4) is 5.75 Å². The van der Waals surface area contributed by atoms with E-state index in [0.717, 1.165) is 40.7 Å². The van der Waals surface area contributed by atoms with Crippen molar-refractivity contribution in [3.63, 3.8) is 0 Å². The van der Waals surface area contributed by atoms with Crippen LogP contribution in [0, 0.1) is 0 Å². The Morgan fingerprint density at radius 1 is 1.39 bits per heavy atom. The van der Waals surface area contributed by atoms with E-state index in [4.69, 9.17) is 4.74 Å². The van der Waals surface area contributed by atoms with E-state index in [2.05, 4.69) is 21.0 Å². The molecule has 0 fully saturated rings. The molecule has 1 atom stereocenters. The van der Waals surface area contributed by atoms with Crippen LogP contribution in [0.5, 0.6) is 5.75 Å². The number of benzene rings is 1. The fraction of sp³-hybridized carbons (Fsp3) is 0.533. The minimum atomic E-state index is 0.0934. The first-order valence-electron chi connectivity index (χ1n) is 6.53. The molecule has 0 aromatic heterocycles. The number of carbonyl (C=O) groups excluding carboxylic acids is 1. The summed E-state index contributed by atoms with van der Waals surface area (Å²) in [6.07, 6.45) is 1.89. The number of hydrogen-bond acceptors (Lipinski definition) is 2. The highest BCUT2D eigenvalue weighted by Crippen LogP contribution is 2.29. The normalized spacial score (nSPS) is 19.6. The van der Waals surface area contributed by atoms with Crippen LogP contribution in [0.3, 0.4) is 0 Å². The van der Waals surface area contributed by atoms with Gasteiger partial charge in [-0.05, 0) is 37.1 Å². The van der Waals surface area contributed by atoms with Gasteiger partial charge in [-0.3, -0.25) is 4.79 Å². The Morgan fingerprint density at radius 2 is 2.11 bits per heavy atom. The maximum absolute atomic E-state index is 12.6. The summed E-state index contributed by atoms with van der Waals surface area (Å²) in [7, 11) is 5.93. The minimum absolute atomic E-state index is 0.0934. The molecule has 3 heteroatoms. The SMILES string of the molecule is CC[N+](C)(C)C1CCc2cc(OC)ccc2C1=O. The predicted molar refractivity (Wildman–Crippen MR) is 72.1 cm³/mol. The summed E-state index contributed by atoms with van der Waals surface area (Å²) >= 11 is 0. The molecular weight excluding hydrogens is 226 g/mol. The zero-order valence-corrected chi connectivity index (χ0v) is 11.7. The monoisotopic (exact) mass is 248 g/mol. The summed E-state index contributed by atoms with van der Waals surface area (Å²) < 4.78 is 5.98. The van der Waals surface area contributed by atoms with E-state index >= 15 is 0 Å². The van der Waals surface area contributed by atoms with Crippen molar-refractivity contribution in [1.29, 1.82) is 0 Å². The van der Waals surface area contributed by atoms with Gasteiger partial charge in [0.2, 0.25) is 5.78 Å². The first kappa shape index (κ1) is 13.1. The summed E-state index contributed by atoms with van der Waals surface area (Å²) in [6.45, 7) is 3.11. The Kier molecular flexibility index (Phi) is 3.44. The molecule has 2 rings (SSSR count). The van der Waals surface area contributed by atoms with Gasteiger partial charge in [0.1, 0.15) is 5.75 Å². The molecule has 0 N–H and O–H groups in total. The lowest BCUT2D eigenvalue weighted by Gasteiger charge is -2.38. The highest BCUT2D eigenvalue weighted by molar-refractivity contribution is 6.01. The van der Waals surface area contributed by atoms with Crippen LogP contribution in [0.1, 0.15) is 29.3 Å². The Hall–Kier alpha value is -1.35. The number of carbonyl (C=O) groups is 1. The molecule has 1 aromatic rings. The van der Waals surface area contributed by atoms with E-state index in [-0.39, 0.29) is 11.8 Å². The van der Waals surface area contributed by atoms with Crippen molar-refractivity contribution in [3.05, 3.63) is 29.3 Å². The summed E-state index contributed by atoms with van der Waals surface area (Å²) in [5.74, 6) is 1.12. The van der Waals surface area contributed by atoms with Crippen LogP contribution in [0.2, 0.25) is 0 Å². The summed E-state index contributed by atoms with van der Waals surface area (Å²) in [5.41, 5.74) is 2.01. The molecule has 1 aliphatic carbocycles. The Labute approximate surface area is 109 Å². The lowest BCUT2D eigenvalue weighted by molar-refractivity contribution is -0.904. The maximum atomic E-state index is 12.6. The van der Waals surface area contributed by atoms with Crippen LogP contribution in [0.4, 0.5) is 0 Å². The van der Waals surface area contributed by atoms with Crippen molar-refractivity contribution < 1.29 is 14.0 Å². The minimum Gasteiger partial charge on any atom is -0.497 e. The van der Waals surface area contributed by atoms with Crippen molar-refractivity contribution in [2.75, 3.05) is 27.7 Å². The van der Waals surface area contributed by atoms with Crippen LogP contribution >= 0.6 is 0 Å². The summed E-state index contributed by atoms with van der Waals surface area (Å²) in [6, 6.07) is 5.88. The average molecular weight is 248 g/mol. The zero-order valence-electron chi connectivity index (χ0n) is 11.7. The van der Waals surface area contributed by atoms with Crippen molar-refractivity contribution >= 4 is 5.78 Å². The van der Waals surface area contributed by atoms with Gasteiger partial charge in [-0.2, -0.15) is 0 Å². The molecular formula is C15H22NO2+. The topological polar surface area (TPSA) is 26.3 Å². The quantitative estimate of drug-likeness (QED) is 0.767. The second-order valence-corrected chi connectivity index (χ2v) is 5.54. The highest BCUT2D eigenvalue weighted by atomic mass is 16.5. The van der Waals surface area contributed by atoms with E-state index < -0.39 is 0 Å². The van der Waals surface area contributed by atoms with Gasteiger partial charge < -0.3 is 9.22 Å². The third-order valence-corrected chi connectivity index (χ3v) is 4.23. The smallest absolute Gasteiger partial charge is 0.220 e. The number of rotatable bonds is 3. The molecule has 0 spiro atoms. The molecule has 0 aliphatic heterocycles. The third kappa shape index (κ3) is 2.15. The molecule has 0 heterocycles. The number of ketones is 1. The number of quaternary nitrogens is 1. The molecule has 0 amide bonds. The number of Topliss-reactive ketones (excluding diaryl/α,β-unsaturated/α-hetero) is 1. The number of hydrogen-bond donors (Lipinski definition) is 0. The fourth-order valence-corrected chi connectivity index (χ4v) is 2.63. The molecule has 1 aliphatic rings. The van der Waals surface area contributed by atoms with Gasteiger partial charge in [0, 0.05) is 12.0 Å². The number of aryl methyl sites for hydroxylation is 1. The van der Waals surface area contributed by atoms with E-state index in [0.29, 0.717) is 0 Å².